The van der Waals surface area contributed by atoms with Gasteiger partial charge in [0.1, 0.15) is 12.4 Å². The Balaban J connectivity index is 3.12. The third-order valence-corrected chi connectivity index (χ3v) is 2.50. The van der Waals surface area contributed by atoms with E-state index >= 15 is 0 Å². The number of benzene rings is 1. The van der Waals surface area contributed by atoms with Crippen LogP contribution in [0.3, 0.4) is 0 Å². The van der Waals surface area contributed by atoms with Crippen LogP contribution in [0.15, 0.2) is 18.2 Å². The molecule has 0 heterocycles. The molecule has 0 aromatic heterocycles. The average Bonchev–Trinajstić information content (AvgIpc) is 2.28. The SMILES string of the molecule is N#CCC(O)C(O)c1c(Cl)cccc1C=O. The largest absolute Gasteiger partial charge is 0.389 e. The van der Waals surface area contributed by atoms with Crippen molar-refractivity contribution in [3.63, 3.8) is 0 Å². The van der Waals surface area contributed by atoms with Crippen molar-refractivity contribution in [2.45, 2.75) is 18.6 Å². The van der Waals surface area contributed by atoms with E-state index in [-0.39, 0.29) is 22.6 Å². The maximum absolute atomic E-state index is 10.7. The minimum atomic E-state index is -1.34. The lowest BCUT2D eigenvalue weighted by molar-refractivity contribution is 0.0213. The molecule has 0 saturated carbocycles. The van der Waals surface area contributed by atoms with Gasteiger partial charge in [-0.3, -0.25) is 4.79 Å². The van der Waals surface area contributed by atoms with Crippen LogP contribution in [0.25, 0.3) is 0 Å². The van der Waals surface area contributed by atoms with E-state index in [1.165, 1.54) is 12.1 Å². The highest BCUT2D eigenvalue weighted by atomic mass is 35.5. The number of nitrogens with zero attached hydrogens (tertiary/aromatic N) is 1. The van der Waals surface area contributed by atoms with Crippen LogP contribution in [-0.4, -0.2) is 22.6 Å². The van der Waals surface area contributed by atoms with Gasteiger partial charge in [-0.15, -0.1) is 0 Å². The maximum atomic E-state index is 10.7. The molecule has 2 N–H and O–H groups in total. The zero-order valence-corrected chi connectivity index (χ0v) is 9.05. The van der Waals surface area contributed by atoms with Crippen LogP contribution in [0.4, 0.5) is 0 Å². The number of carbonyl (C=O) groups excluding carboxylic acids is 1. The van der Waals surface area contributed by atoms with Crippen molar-refractivity contribution in [3.05, 3.63) is 34.3 Å². The van der Waals surface area contributed by atoms with Crippen LogP contribution >= 0.6 is 11.6 Å². The standard InChI is InChI=1S/C11H10ClNO3/c12-8-3-1-2-7(6-14)10(8)11(16)9(15)4-5-13/h1-3,6,9,11,15-16H,4H2. The number of aliphatic hydroxyl groups is 2. The Hall–Kier alpha value is -1.41. The molecule has 84 valence electrons. The Labute approximate surface area is 97.7 Å². The summed E-state index contributed by atoms with van der Waals surface area (Å²) in [5, 5.41) is 27.8. The molecular weight excluding hydrogens is 230 g/mol. The van der Waals surface area contributed by atoms with E-state index in [1.54, 1.807) is 12.1 Å². The maximum Gasteiger partial charge on any atom is 0.150 e. The zero-order chi connectivity index (χ0) is 12.1. The highest BCUT2D eigenvalue weighted by molar-refractivity contribution is 6.31. The van der Waals surface area contributed by atoms with Gasteiger partial charge in [0.05, 0.1) is 18.6 Å². The summed E-state index contributed by atoms with van der Waals surface area (Å²) in [4.78, 5) is 10.7. The van der Waals surface area contributed by atoms with Crippen molar-refractivity contribution >= 4 is 17.9 Å². The fourth-order valence-electron chi connectivity index (χ4n) is 1.37. The lowest BCUT2D eigenvalue weighted by Gasteiger charge is -2.18. The van der Waals surface area contributed by atoms with Crippen LogP contribution in [0, 0.1) is 11.3 Å². The minimum absolute atomic E-state index is 0.155. The molecule has 2 atom stereocenters. The van der Waals surface area contributed by atoms with Crippen molar-refractivity contribution in [2.24, 2.45) is 0 Å². The summed E-state index contributed by atoms with van der Waals surface area (Å²) >= 11 is 5.83. The van der Waals surface area contributed by atoms with E-state index in [4.69, 9.17) is 16.9 Å². The van der Waals surface area contributed by atoms with Gasteiger partial charge in [-0.2, -0.15) is 5.26 Å². The lowest BCUT2D eigenvalue weighted by Crippen LogP contribution is -2.19. The Morgan fingerprint density at radius 3 is 2.75 bits per heavy atom. The predicted octanol–water partition coefficient (Wildman–Crippen LogP) is 1.46. The van der Waals surface area contributed by atoms with Gasteiger partial charge in [-0.25, -0.2) is 0 Å². The van der Waals surface area contributed by atoms with Crippen molar-refractivity contribution in [1.29, 1.82) is 5.26 Å². The van der Waals surface area contributed by atoms with Crippen LogP contribution in [0.5, 0.6) is 0 Å². The molecule has 2 unspecified atom stereocenters. The fraction of sp³-hybridized carbons (Fsp3) is 0.273. The van der Waals surface area contributed by atoms with Gasteiger partial charge < -0.3 is 10.2 Å². The number of halogens is 1. The zero-order valence-electron chi connectivity index (χ0n) is 8.30. The average molecular weight is 240 g/mol. The van der Waals surface area contributed by atoms with E-state index in [1.807, 2.05) is 0 Å². The molecule has 16 heavy (non-hydrogen) atoms. The Morgan fingerprint density at radius 2 is 2.19 bits per heavy atom. The summed E-state index contributed by atoms with van der Waals surface area (Å²) in [5.74, 6) is 0. The van der Waals surface area contributed by atoms with E-state index < -0.39 is 12.2 Å². The van der Waals surface area contributed by atoms with Gasteiger partial charge in [-0.1, -0.05) is 23.7 Å². The monoisotopic (exact) mass is 239 g/mol. The highest BCUT2D eigenvalue weighted by Crippen LogP contribution is 2.28. The van der Waals surface area contributed by atoms with Crippen molar-refractivity contribution in [2.75, 3.05) is 0 Å². The smallest absolute Gasteiger partial charge is 0.150 e. The summed E-state index contributed by atoms with van der Waals surface area (Å²) in [7, 11) is 0. The van der Waals surface area contributed by atoms with E-state index in [0.717, 1.165) is 0 Å². The van der Waals surface area contributed by atoms with Gasteiger partial charge in [0.15, 0.2) is 0 Å². The van der Waals surface area contributed by atoms with Crippen LogP contribution in [0.2, 0.25) is 5.02 Å². The second kappa shape index (κ2) is 5.61. The molecule has 0 saturated heterocycles. The second-order valence-electron chi connectivity index (χ2n) is 3.24. The van der Waals surface area contributed by atoms with Crippen LogP contribution in [0.1, 0.15) is 28.4 Å². The van der Waals surface area contributed by atoms with Crippen molar-refractivity contribution in [1.82, 2.24) is 0 Å². The topological polar surface area (TPSA) is 81.3 Å². The van der Waals surface area contributed by atoms with Crippen molar-refractivity contribution in [3.8, 4) is 6.07 Å². The molecule has 0 fully saturated rings. The number of carbonyl (C=O) groups is 1. The fourth-order valence-corrected chi connectivity index (χ4v) is 1.66. The minimum Gasteiger partial charge on any atom is -0.389 e. The summed E-state index contributed by atoms with van der Waals surface area (Å²) < 4.78 is 0. The predicted molar refractivity (Wildman–Crippen MR) is 58.0 cm³/mol. The molecular formula is C11H10ClNO3. The van der Waals surface area contributed by atoms with Crippen LogP contribution < -0.4 is 0 Å². The summed E-state index contributed by atoms with van der Waals surface area (Å²) in [6.07, 6.45) is -2.29. The van der Waals surface area contributed by atoms with Gasteiger partial charge >= 0.3 is 0 Å². The molecule has 1 aromatic carbocycles. The number of hydrogen-bond donors (Lipinski definition) is 2. The quantitative estimate of drug-likeness (QED) is 0.780. The molecule has 4 nitrogen and oxygen atoms in total. The molecule has 0 bridgehead atoms. The number of hydrogen-bond acceptors (Lipinski definition) is 4. The number of aliphatic hydroxyl groups excluding tert-OH is 2. The first-order valence-electron chi connectivity index (χ1n) is 4.58. The Morgan fingerprint density at radius 1 is 1.50 bits per heavy atom. The number of nitriles is 1. The third kappa shape index (κ3) is 2.58. The van der Waals surface area contributed by atoms with Gasteiger partial charge in [0, 0.05) is 16.1 Å². The lowest BCUT2D eigenvalue weighted by atomic mass is 9.98. The first-order valence-corrected chi connectivity index (χ1v) is 4.96. The molecule has 1 rings (SSSR count). The molecule has 0 radical (unpaired) electrons. The molecule has 0 amide bonds. The first-order chi connectivity index (χ1) is 7.61. The van der Waals surface area contributed by atoms with Gasteiger partial charge in [-0.05, 0) is 6.07 Å². The number of rotatable bonds is 4. The van der Waals surface area contributed by atoms with Crippen LogP contribution in [-0.2, 0) is 0 Å². The molecule has 0 spiro atoms. The first kappa shape index (κ1) is 12.7. The third-order valence-electron chi connectivity index (χ3n) is 2.17. The molecule has 0 aliphatic heterocycles. The Kier molecular flexibility index (Phi) is 4.44. The molecule has 0 aliphatic carbocycles. The van der Waals surface area contributed by atoms with Gasteiger partial charge in [0.25, 0.3) is 0 Å². The van der Waals surface area contributed by atoms with E-state index in [2.05, 4.69) is 0 Å². The second-order valence-corrected chi connectivity index (χ2v) is 3.64. The van der Waals surface area contributed by atoms with E-state index in [9.17, 15) is 15.0 Å². The van der Waals surface area contributed by atoms with Gasteiger partial charge in [0.2, 0.25) is 0 Å². The summed E-state index contributed by atoms with van der Waals surface area (Å²) in [5.41, 5.74) is 0.360. The number of aldehydes is 1. The normalized spacial score (nSPS) is 13.9. The summed E-state index contributed by atoms with van der Waals surface area (Å²) in [6, 6.07) is 6.29. The molecule has 5 heteroatoms. The van der Waals surface area contributed by atoms with Crippen molar-refractivity contribution < 1.29 is 15.0 Å². The highest BCUT2D eigenvalue weighted by Gasteiger charge is 2.23. The molecule has 0 aliphatic rings. The summed E-state index contributed by atoms with van der Waals surface area (Å²) in [6.45, 7) is 0. The van der Waals surface area contributed by atoms with E-state index in [0.29, 0.717) is 6.29 Å². The Bertz CT molecular complexity index is 428. The molecule has 1 aromatic rings.